The van der Waals surface area contributed by atoms with Crippen molar-refractivity contribution < 1.29 is 14.3 Å². The van der Waals surface area contributed by atoms with E-state index in [4.69, 9.17) is 32.7 Å². The Bertz CT molecular complexity index is 1230. The number of halogens is 2. The number of nitrogens with one attached hydrogen (secondary N) is 1. The van der Waals surface area contributed by atoms with E-state index in [2.05, 4.69) is 46.5 Å². The summed E-state index contributed by atoms with van der Waals surface area (Å²) in [6.45, 7) is 11.1. The maximum absolute atomic E-state index is 12.6. The highest BCUT2D eigenvalue weighted by Gasteiger charge is 2.19. The first-order valence-electron chi connectivity index (χ1n) is 11.9. The summed E-state index contributed by atoms with van der Waals surface area (Å²) in [7, 11) is 0. The minimum atomic E-state index is -0.239. The molecular weight excluding hydrogens is 535 g/mol. The predicted molar refractivity (Wildman–Crippen MR) is 146 cm³/mol. The number of thioether (sulfide) groups is 1. The molecule has 37 heavy (non-hydrogen) atoms. The number of amides is 1. The molecule has 198 valence electrons. The maximum Gasteiger partial charge on any atom is 0.234 e. The van der Waals surface area contributed by atoms with E-state index in [1.54, 1.807) is 18.2 Å². The average molecular weight is 566 g/mol. The molecule has 9 nitrogen and oxygen atoms in total. The Morgan fingerprint density at radius 1 is 1.14 bits per heavy atom. The zero-order valence-corrected chi connectivity index (χ0v) is 23.4. The van der Waals surface area contributed by atoms with Crippen molar-refractivity contribution in [1.82, 2.24) is 25.1 Å². The maximum atomic E-state index is 12.6. The molecule has 0 atom stereocenters. The van der Waals surface area contributed by atoms with Crippen molar-refractivity contribution in [3.05, 3.63) is 52.0 Å². The summed E-state index contributed by atoms with van der Waals surface area (Å²) in [5.74, 6) is 0.502. The van der Waals surface area contributed by atoms with E-state index in [9.17, 15) is 4.79 Å². The Morgan fingerprint density at radius 2 is 1.92 bits per heavy atom. The second-order valence-electron chi connectivity index (χ2n) is 9.57. The van der Waals surface area contributed by atoms with E-state index >= 15 is 0 Å². The number of ether oxygens (including phenoxy) is 2. The number of benzene rings is 2. The van der Waals surface area contributed by atoms with Crippen LogP contribution < -0.4 is 10.1 Å². The number of rotatable bonds is 9. The van der Waals surface area contributed by atoms with Crippen LogP contribution in [0.1, 0.15) is 26.3 Å². The summed E-state index contributed by atoms with van der Waals surface area (Å²) in [6.07, 6.45) is 0. The van der Waals surface area contributed by atoms with Crippen LogP contribution in [-0.4, -0.2) is 76.2 Å². The molecule has 1 amide bonds. The minimum absolute atomic E-state index is 0.0348. The summed E-state index contributed by atoms with van der Waals surface area (Å²) < 4.78 is 12.7. The smallest absolute Gasteiger partial charge is 0.234 e. The highest BCUT2D eigenvalue weighted by molar-refractivity contribution is 7.99. The molecule has 1 aliphatic heterocycles. The molecule has 12 heteroatoms. The first kappa shape index (κ1) is 27.7. The Balaban J connectivity index is 1.30. The molecule has 1 fully saturated rings. The molecule has 1 aliphatic rings. The predicted octanol–water partition coefficient (Wildman–Crippen LogP) is 4.71. The summed E-state index contributed by atoms with van der Waals surface area (Å²) in [6, 6.07) is 11.0. The third-order valence-corrected chi connectivity index (χ3v) is 7.34. The normalized spacial score (nSPS) is 14.5. The van der Waals surface area contributed by atoms with E-state index in [1.165, 1.54) is 16.4 Å². The number of morpholine rings is 1. The lowest BCUT2D eigenvalue weighted by Crippen LogP contribution is -2.38. The van der Waals surface area contributed by atoms with Crippen LogP contribution in [0.5, 0.6) is 5.75 Å². The number of tetrazole rings is 1. The van der Waals surface area contributed by atoms with E-state index in [1.807, 2.05) is 18.2 Å². The number of carbonyl (C=O) groups excluding carboxylic acids is 1. The Hall–Kier alpha value is -2.37. The zero-order chi connectivity index (χ0) is 26.4. The molecule has 0 saturated carbocycles. The van der Waals surface area contributed by atoms with Gasteiger partial charge in [-0.05, 0) is 45.7 Å². The summed E-state index contributed by atoms with van der Waals surface area (Å²) in [5.41, 5.74) is 2.23. The van der Waals surface area contributed by atoms with Gasteiger partial charge in [0.25, 0.3) is 0 Å². The third kappa shape index (κ3) is 7.58. The fourth-order valence-corrected chi connectivity index (χ4v) is 4.85. The lowest BCUT2D eigenvalue weighted by molar-refractivity contribution is -0.113. The molecule has 2 aromatic carbocycles. The summed E-state index contributed by atoms with van der Waals surface area (Å²) in [4.78, 5) is 14.9. The molecule has 0 aliphatic carbocycles. The van der Waals surface area contributed by atoms with Crippen LogP contribution in [0, 0.1) is 0 Å². The van der Waals surface area contributed by atoms with Crippen LogP contribution in [0.2, 0.25) is 10.0 Å². The second kappa shape index (κ2) is 12.4. The number of carbonyl (C=O) groups is 1. The van der Waals surface area contributed by atoms with E-state index in [-0.39, 0.29) is 17.1 Å². The van der Waals surface area contributed by atoms with Gasteiger partial charge in [-0.15, -0.1) is 5.10 Å². The van der Waals surface area contributed by atoms with Crippen molar-refractivity contribution >= 4 is 46.6 Å². The lowest BCUT2D eigenvalue weighted by Gasteiger charge is -2.26. The van der Waals surface area contributed by atoms with Crippen molar-refractivity contribution in [3.63, 3.8) is 0 Å². The average Bonchev–Trinajstić information content (AvgIpc) is 3.33. The Labute approximate surface area is 230 Å². The quantitative estimate of drug-likeness (QED) is 0.373. The van der Waals surface area contributed by atoms with Gasteiger partial charge in [0, 0.05) is 25.7 Å². The third-order valence-electron chi connectivity index (χ3n) is 5.81. The number of nitrogens with zero attached hydrogens (tertiary/aromatic N) is 5. The van der Waals surface area contributed by atoms with Crippen LogP contribution >= 0.6 is 35.0 Å². The number of hydrogen-bond acceptors (Lipinski definition) is 8. The van der Waals surface area contributed by atoms with E-state index < -0.39 is 0 Å². The number of hydrogen-bond donors (Lipinski definition) is 1. The molecule has 1 aromatic heterocycles. The highest BCUT2D eigenvalue weighted by Crippen LogP contribution is 2.31. The van der Waals surface area contributed by atoms with Gasteiger partial charge < -0.3 is 14.8 Å². The second-order valence-corrected chi connectivity index (χ2v) is 11.3. The van der Waals surface area contributed by atoms with Crippen LogP contribution in [0.4, 0.5) is 5.69 Å². The topological polar surface area (TPSA) is 94.4 Å². The standard InChI is InChI=1S/C25H30Cl2N6O3S/c1-25(2,3)17-4-7-22(20(27)14-17)33-24(29-30-31-33)37-16-23(34)28-21-6-5-18(15-19(21)26)36-13-10-32-8-11-35-12-9-32/h4-7,14-15H,8-13,16H2,1-3H3,(H,28,34). The van der Waals surface area contributed by atoms with Gasteiger partial charge in [0.15, 0.2) is 0 Å². The highest BCUT2D eigenvalue weighted by atomic mass is 35.5. The largest absolute Gasteiger partial charge is 0.492 e. The van der Waals surface area contributed by atoms with Gasteiger partial charge in [-0.25, -0.2) is 0 Å². The van der Waals surface area contributed by atoms with Crippen molar-refractivity contribution in [2.45, 2.75) is 31.3 Å². The van der Waals surface area contributed by atoms with Crippen LogP contribution in [0.25, 0.3) is 5.69 Å². The van der Waals surface area contributed by atoms with Gasteiger partial charge in [-0.1, -0.05) is 61.8 Å². The molecule has 0 radical (unpaired) electrons. The zero-order valence-electron chi connectivity index (χ0n) is 21.0. The molecule has 2 heterocycles. The lowest BCUT2D eigenvalue weighted by atomic mass is 9.87. The minimum Gasteiger partial charge on any atom is -0.492 e. The van der Waals surface area contributed by atoms with Gasteiger partial charge in [0.2, 0.25) is 11.1 Å². The molecule has 0 bridgehead atoms. The van der Waals surface area contributed by atoms with Gasteiger partial charge >= 0.3 is 0 Å². The van der Waals surface area contributed by atoms with Crippen LogP contribution in [-0.2, 0) is 14.9 Å². The molecule has 0 spiro atoms. The fourth-order valence-electron chi connectivity index (χ4n) is 3.69. The van der Waals surface area contributed by atoms with Crippen molar-refractivity contribution in [3.8, 4) is 11.4 Å². The SMILES string of the molecule is CC(C)(C)c1ccc(-n2nnnc2SCC(=O)Nc2ccc(OCCN3CCOCC3)cc2Cl)c(Cl)c1. The Morgan fingerprint density at radius 3 is 2.62 bits per heavy atom. The van der Waals surface area contributed by atoms with Crippen molar-refractivity contribution in [2.24, 2.45) is 0 Å². The molecule has 3 aromatic rings. The van der Waals surface area contributed by atoms with Gasteiger partial charge in [0.05, 0.1) is 40.4 Å². The monoisotopic (exact) mass is 564 g/mol. The van der Waals surface area contributed by atoms with Crippen molar-refractivity contribution in [2.75, 3.05) is 50.5 Å². The molecule has 0 unspecified atom stereocenters. The van der Waals surface area contributed by atoms with Crippen LogP contribution in [0.15, 0.2) is 41.6 Å². The van der Waals surface area contributed by atoms with E-state index in [0.29, 0.717) is 38.9 Å². The summed E-state index contributed by atoms with van der Waals surface area (Å²) >= 11 is 14.1. The Kier molecular flexibility index (Phi) is 9.31. The first-order valence-corrected chi connectivity index (χ1v) is 13.7. The van der Waals surface area contributed by atoms with Crippen LogP contribution in [0.3, 0.4) is 0 Å². The number of anilines is 1. The molecule has 4 rings (SSSR count). The van der Waals surface area contributed by atoms with Gasteiger partial charge in [-0.2, -0.15) is 4.68 Å². The van der Waals surface area contributed by atoms with E-state index in [0.717, 1.165) is 38.4 Å². The van der Waals surface area contributed by atoms with Crippen molar-refractivity contribution in [1.29, 1.82) is 0 Å². The molecule has 1 N–H and O–H groups in total. The van der Waals surface area contributed by atoms with Gasteiger partial charge in [0.1, 0.15) is 12.4 Å². The fraction of sp³-hybridized carbons (Fsp3) is 0.440. The molecular formula is C25H30Cl2N6O3S. The first-order chi connectivity index (χ1) is 17.7. The number of aromatic nitrogens is 4. The summed E-state index contributed by atoms with van der Waals surface area (Å²) in [5, 5.41) is 16.1. The van der Waals surface area contributed by atoms with Gasteiger partial charge in [-0.3, -0.25) is 9.69 Å². The molecule has 1 saturated heterocycles.